The van der Waals surface area contributed by atoms with Crippen molar-refractivity contribution < 1.29 is 19.1 Å². The minimum atomic E-state index is -0.191. The zero-order valence-corrected chi connectivity index (χ0v) is 15.2. The summed E-state index contributed by atoms with van der Waals surface area (Å²) in [5.74, 6) is 0.284. The number of anilines is 3. The molecule has 2 heterocycles. The molecule has 2 aliphatic heterocycles. The van der Waals surface area contributed by atoms with E-state index in [1.54, 1.807) is 46.2 Å². The number of hydrogen-bond donors (Lipinski definition) is 2. The predicted molar refractivity (Wildman–Crippen MR) is 105 cm³/mol. The van der Waals surface area contributed by atoms with Gasteiger partial charge in [-0.15, -0.1) is 0 Å². The van der Waals surface area contributed by atoms with Crippen LogP contribution < -0.4 is 25.2 Å². The van der Waals surface area contributed by atoms with Gasteiger partial charge < -0.3 is 20.3 Å². The van der Waals surface area contributed by atoms with E-state index in [1.807, 2.05) is 12.1 Å². The highest BCUT2D eigenvalue weighted by atomic mass is 16.5. The molecule has 0 atom stereocenters. The molecule has 1 fully saturated rings. The summed E-state index contributed by atoms with van der Waals surface area (Å²) < 4.78 is 5.41. The van der Waals surface area contributed by atoms with E-state index >= 15 is 0 Å². The summed E-state index contributed by atoms with van der Waals surface area (Å²) in [6, 6.07) is 14.3. The molecule has 8 heteroatoms. The van der Waals surface area contributed by atoms with Gasteiger partial charge in [-0.3, -0.25) is 14.5 Å². The average molecular weight is 380 g/mol. The number of hydrogen-bond acceptors (Lipinski definition) is 4. The molecule has 4 rings (SSSR count). The minimum absolute atomic E-state index is 0.0236. The molecule has 0 unspecified atom stereocenters. The molecular formula is C20H20N4O4. The molecule has 0 aromatic heterocycles. The molecule has 28 heavy (non-hydrogen) atoms. The lowest BCUT2D eigenvalue weighted by atomic mass is 10.2. The Kier molecular flexibility index (Phi) is 4.84. The van der Waals surface area contributed by atoms with E-state index < -0.39 is 0 Å². The highest BCUT2D eigenvalue weighted by Crippen LogP contribution is 2.31. The van der Waals surface area contributed by atoms with Gasteiger partial charge in [0, 0.05) is 37.4 Å². The van der Waals surface area contributed by atoms with Crippen molar-refractivity contribution in [3.8, 4) is 5.75 Å². The van der Waals surface area contributed by atoms with E-state index in [1.165, 1.54) is 0 Å². The number of ether oxygens (including phenoxy) is 1. The van der Waals surface area contributed by atoms with Crippen LogP contribution in [0.5, 0.6) is 5.75 Å². The molecule has 2 aromatic carbocycles. The van der Waals surface area contributed by atoms with Crippen LogP contribution in [0, 0.1) is 0 Å². The van der Waals surface area contributed by atoms with Crippen molar-refractivity contribution in [2.24, 2.45) is 0 Å². The number of carbonyl (C=O) groups excluding carboxylic acids is 3. The first-order valence-electron chi connectivity index (χ1n) is 9.09. The highest BCUT2D eigenvalue weighted by molar-refractivity contribution is 5.99. The van der Waals surface area contributed by atoms with Gasteiger partial charge in [0.25, 0.3) is 5.91 Å². The fourth-order valence-corrected chi connectivity index (χ4v) is 3.28. The molecule has 144 valence electrons. The monoisotopic (exact) mass is 380 g/mol. The van der Waals surface area contributed by atoms with Crippen LogP contribution in [-0.2, 0) is 9.59 Å². The van der Waals surface area contributed by atoms with Crippen molar-refractivity contribution in [2.45, 2.75) is 6.42 Å². The Balaban J connectivity index is 1.35. The summed E-state index contributed by atoms with van der Waals surface area (Å²) in [6.45, 7) is 1.50. The van der Waals surface area contributed by atoms with Gasteiger partial charge in [-0.25, -0.2) is 4.79 Å². The Morgan fingerprint density at radius 1 is 1.11 bits per heavy atom. The molecule has 2 N–H and O–H groups in total. The van der Waals surface area contributed by atoms with Crippen LogP contribution in [0.25, 0.3) is 0 Å². The fraction of sp³-hybridized carbons (Fsp3) is 0.250. The van der Waals surface area contributed by atoms with Gasteiger partial charge in [-0.05, 0) is 36.4 Å². The van der Waals surface area contributed by atoms with Crippen LogP contribution >= 0.6 is 0 Å². The second-order valence-electron chi connectivity index (χ2n) is 6.53. The van der Waals surface area contributed by atoms with Crippen LogP contribution in [0.2, 0.25) is 0 Å². The number of nitrogens with one attached hydrogen (secondary N) is 2. The van der Waals surface area contributed by atoms with Gasteiger partial charge in [0.1, 0.15) is 5.75 Å². The Hall–Kier alpha value is -3.55. The quantitative estimate of drug-likeness (QED) is 0.830. The van der Waals surface area contributed by atoms with Crippen LogP contribution in [0.1, 0.15) is 6.42 Å². The van der Waals surface area contributed by atoms with Crippen molar-refractivity contribution >= 4 is 34.9 Å². The summed E-state index contributed by atoms with van der Waals surface area (Å²) in [5, 5.41) is 5.57. The average Bonchev–Trinajstić information content (AvgIpc) is 3.14. The maximum absolute atomic E-state index is 12.3. The molecule has 0 radical (unpaired) electrons. The van der Waals surface area contributed by atoms with Crippen LogP contribution in [0.15, 0.2) is 48.5 Å². The first kappa shape index (κ1) is 17.8. The Bertz CT molecular complexity index is 913. The van der Waals surface area contributed by atoms with Gasteiger partial charge in [0.05, 0.1) is 5.69 Å². The third-order valence-corrected chi connectivity index (χ3v) is 4.69. The molecule has 1 saturated heterocycles. The molecule has 4 amide bonds. The number of fused-ring (bicyclic) bond motifs is 1. The molecule has 0 aliphatic carbocycles. The summed E-state index contributed by atoms with van der Waals surface area (Å²) in [6.07, 6.45) is 0.163. The molecular weight excluding hydrogens is 360 g/mol. The third kappa shape index (κ3) is 3.62. The predicted octanol–water partition coefficient (Wildman–Crippen LogP) is 1.97. The maximum atomic E-state index is 12.3. The van der Waals surface area contributed by atoms with Gasteiger partial charge in [0.2, 0.25) is 5.91 Å². The maximum Gasteiger partial charge on any atom is 0.321 e. The van der Waals surface area contributed by atoms with Crippen molar-refractivity contribution in [1.82, 2.24) is 5.32 Å². The molecule has 8 nitrogen and oxygen atoms in total. The molecule has 0 saturated carbocycles. The standard InChI is InChI=1S/C20H20N4O4/c25-18(9-11-24-16-3-1-2-4-17(16)28-13-19(24)26)22-14-5-7-15(8-6-14)23-12-10-21-20(23)27/h1-8H,9-13H2,(H,21,27)(H,22,25). The lowest BCUT2D eigenvalue weighted by molar-refractivity contribution is -0.121. The second-order valence-corrected chi connectivity index (χ2v) is 6.53. The van der Waals surface area contributed by atoms with E-state index in [9.17, 15) is 14.4 Å². The normalized spacial score (nSPS) is 15.7. The Morgan fingerprint density at radius 3 is 2.64 bits per heavy atom. The number of para-hydroxylation sites is 2. The van der Waals surface area contributed by atoms with Crippen molar-refractivity contribution in [2.75, 3.05) is 41.4 Å². The number of carbonyl (C=O) groups is 3. The van der Waals surface area contributed by atoms with Gasteiger partial charge in [-0.2, -0.15) is 0 Å². The summed E-state index contributed by atoms with van der Waals surface area (Å²) in [5.41, 5.74) is 2.10. The van der Waals surface area contributed by atoms with Crippen molar-refractivity contribution in [3.63, 3.8) is 0 Å². The first-order valence-corrected chi connectivity index (χ1v) is 9.09. The lowest BCUT2D eigenvalue weighted by Gasteiger charge is -2.29. The number of nitrogens with zero attached hydrogens (tertiary/aromatic N) is 2. The largest absolute Gasteiger partial charge is 0.482 e. The van der Waals surface area contributed by atoms with Gasteiger partial charge in [0.15, 0.2) is 6.61 Å². The van der Waals surface area contributed by atoms with Crippen molar-refractivity contribution in [1.29, 1.82) is 0 Å². The zero-order chi connectivity index (χ0) is 19.5. The fourth-order valence-electron chi connectivity index (χ4n) is 3.28. The number of rotatable bonds is 5. The third-order valence-electron chi connectivity index (χ3n) is 4.69. The zero-order valence-electron chi connectivity index (χ0n) is 15.2. The number of amides is 4. The molecule has 2 aliphatic rings. The highest BCUT2D eigenvalue weighted by Gasteiger charge is 2.25. The van der Waals surface area contributed by atoms with Crippen LogP contribution in [0.3, 0.4) is 0 Å². The van der Waals surface area contributed by atoms with E-state index in [0.717, 1.165) is 5.69 Å². The SMILES string of the molecule is O=C(CCN1C(=O)COc2ccccc21)Nc1ccc(N2CCNC2=O)cc1. The van der Waals surface area contributed by atoms with E-state index in [2.05, 4.69) is 10.6 Å². The smallest absolute Gasteiger partial charge is 0.321 e. The van der Waals surface area contributed by atoms with E-state index in [-0.39, 0.29) is 37.4 Å². The Morgan fingerprint density at radius 2 is 1.89 bits per heavy atom. The van der Waals surface area contributed by atoms with Gasteiger partial charge in [-0.1, -0.05) is 12.1 Å². The second kappa shape index (κ2) is 7.59. The van der Waals surface area contributed by atoms with Crippen molar-refractivity contribution in [3.05, 3.63) is 48.5 Å². The summed E-state index contributed by atoms with van der Waals surface area (Å²) in [4.78, 5) is 39.4. The van der Waals surface area contributed by atoms with E-state index in [4.69, 9.17) is 4.74 Å². The summed E-state index contributed by atoms with van der Waals surface area (Å²) in [7, 11) is 0. The minimum Gasteiger partial charge on any atom is -0.482 e. The molecule has 0 bridgehead atoms. The lowest BCUT2D eigenvalue weighted by Crippen LogP contribution is -2.40. The number of benzene rings is 2. The van der Waals surface area contributed by atoms with Crippen LogP contribution in [-0.4, -0.2) is 44.1 Å². The number of urea groups is 1. The van der Waals surface area contributed by atoms with E-state index in [0.29, 0.717) is 30.2 Å². The Labute approximate surface area is 162 Å². The van der Waals surface area contributed by atoms with Crippen LogP contribution in [0.4, 0.5) is 21.9 Å². The first-order chi connectivity index (χ1) is 13.6. The summed E-state index contributed by atoms with van der Waals surface area (Å²) >= 11 is 0. The van der Waals surface area contributed by atoms with Gasteiger partial charge >= 0.3 is 6.03 Å². The molecule has 0 spiro atoms. The topological polar surface area (TPSA) is 91.0 Å². The molecule has 2 aromatic rings.